The Morgan fingerprint density at radius 1 is 0.345 bits per heavy atom. The third-order valence-electron chi connectivity index (χ3n) is 19.1. The van der Waals surface area contributed by atoms with Gasteiger partial charge in [0.25, 0.3) is 0 Å². The quantitative estimate of drug-likeness (QED) is 0.0447. The first-order valence-corrected chi connectivity index (χ1v) is 34.9. The van der Waals surface area contributed by atoms with Crippen molar-refractivity contribution in [3.63, 3.8) is 0 Å². The van der Waals surface area contributed by atoms with Gasteiger partial charge in [0.1, 0.15) is 5.75 Å². The Balaban J connectivity index is 0.817. The van der Waals surface area contributed by atoms with Crippen molar-refractivity contribution in [3.05, 3.63) is 211 Å². The van der Waals surface area contributed by atoms with Crippen LogP contribution in [0, 0.1) is 6.92 Å². The second-order valence-corrected chi connectivity index (χ2v) is 27.2. The number of rotatable bonds is 28. The van der Waals surface area contributed by atoms with Crippen LogP contribution in [0.2, 0.25) is 0 Å². The predicted octanol–water partition coefficient (Wildman–Crippen LogP) is 25.5. The van der Waals surface area contributed by atoms with E-state index in [1.54, 1.807) is 11.1 Å². The Morgan fingerprint density at radius 3 is 1.18 bits per heavy atom. The Kier molecular flexibility index (Phi) is 18.1. The molecule has 0 fully saturated rings. The van der Waals surface area contributed by atoms with Gasteiger partial charge in [-0.05, 0) is 180 Å². The van der Waals surface area contributed by atoms with E-state index in [9.17, 15) is 0 Å². The van der Waals surface area contributed by atoms with E-state index in [2.05, 4.69) is 231 Å². The topological polar surface area (TPSA) is 19.1 Å². The van der Waals surface area contributed by atoms with Crippen LogP contribution >= 0.6 is 22.7 Å². The standard InChI is InChI=1S/C82H86N2OS2/c1-5-8-11-14-17-24-51-82(52-25-18-15-12-9-6-2)72-56-61(80-49-47-78(86-80)59-35-45-76-70(54-59)68-27-20-22-29-74(68)83(76)63-37-31-58(4)32-38-63)33-43-66(72)67-44-34-62(57-73(67)82)81-50-48-79(87-81)60-36-46-77-71(55-60)69-28-21-23-30-75(69)84(77)64-39-41-65(42-40-64)85-53-26-19-16-13-10-7-3/h20-23,27-50,54-57H,5-19,24-26,51-53H2,1-4H3. The highest BCUT2D eigenvalue weighted by molar-refractivity contribution is 7.19. The highest BCUT2D eigenvalue weighted by Gasteiger charge is 2.43. The molecule has 0 aliphatic heterocycles. The van der Waals surface area contributed by atoms with Crippen LogP contribution < -0.4 is 4.74 Å². The summed E-state index contributed by atoms with van der Waals surface area (Å²) >= 11 is 3.88. The minimum Gasteiger partial charge on any atom is -0.494 e. The molecular formula is C82H86N2OS2. The summed E-state index contributed by atoms with van der Waals surface area (Å²) in [5.74, 6) is 0.945. The molecule has 0 N–H and O–H groups in total. The molecule has 0 atom stereocenters. The highest BCUT2D eigenvalue weighted by atomic mass is 32.1. The van der Waals surface area contributed by atoms with Gasteiger partial charge in [0.2, 0.25) is 0 Å². The van der Waals surface area contributed by atoms with E-state index in [4.69, 9.17) is 4.74 Å². The van der Waals surface area contributed by atoms with E-state index in [1.807, 2.05) is 22.7 Å². The van der Waals surface area contributed by atoms with Gasteiger partial charge >= 0.3 is 0 Å². The van der Waals surface area contributed by atoms with Crippen molar-refractivity contribution in [1.29, 1.82) is 0 Å². The summed E-state index contributed by atoms with van der Waals surface area (Å²) in [5, 5.41) is 5.15. The van der Waals surface area contributed by atoms with Crippen LogP contribution in [0.4, 0.5) is 0 Å². The molecule has 0 amide bonds. The molecule has 5 heteroatoms. The van der Waals surface area contributed by atoms with Gasteiger partial charge in [0.05, 0.1) is 28.7 Å². The zero-order valence-corrected chi connectivity index (χ0v) is 53.6. The van der Waals surface area contributed by atoms with Gasteiger partial charge in [0, 0.05) is 57.8 Å². The Bertz CT molecular complexity index is 4280. The third-order valence-corrected chi connectivity index (χ3v) is 21.5. The largest absolute Gasteiger partial charge is 0.494 e. The number of hydrogen-bond acceptors (Lipinski definition) is 3. The first-order chi connectivity index (χ1) is 42.9. The number of unbranched alkanes of at least 4 members (excludes halogenated alkanes) is 15. The molecule has 87 heavy (non-hydrogen) atoms. The number of aryl methyl sites for hydroxylation is 1. The number of ether oxygens (including phenoxy) is 1. The van der Waals surface area contributed by atoms with Gasteiger partial charge in [-0.25, -0.2) is 0 Å². The van der Waals surface area contributed by atoms with Crippen LogP contribution in [0.25, 0.3) is 108 Å². The molecule has 0 spiro atoms. The molecule has 0 bridgehead atoms. The van der Waals surface area contributed by atoms with Gasteiger partial charge in [-0.3, -0.25) is 0 Å². The van der Waals surface area contributed by atoms with Gasteiger partial charge < -0.3 is 13.9 Å². The van der Waals surface area contributed by atoms with Crippen molar-refractivity contribution in [2.75, 3.05) is 6.61 Å². The minimum atomic E-state index is -0.0524. The molecule has 442 valence electrons. The molecule has 8 aromatic carbocycles. The molecule has 1 aliphatic carbocycles. The lowest BCUT2D eigenvalue weighted by Crippen LogP contribution is -2.25. The number of para-hydroxylation sites is 2. The van der Waals surface area contributed by atoms with Crippen LogP contribution in [0.1, 0.15) is 166 Å². The van der Waals surface area contributed by atoms with E-state index in [0.717, 1.165) is 24.5 Å². The maximum atomic E-state index is 6.22. The zero-order valence-electron chi connectivity index (χ0n) is 51.9. The molecule has 0 unspecified atom stereocenters. The molecule has 0 saturated heterocycles. The number of fused-ring (bicyclic) bond motifs is 9. The average Bonchev–Trinajstić information content (AvgIpc) is 1.71. The van der Waals surface area contributed by atoms with E-state index >= 15 is 0 Å². The summed E-state index contributed by atoms with van der Waals surface area (Å²) in [6.07, 6.45) is 25.6. The second-order valence-electron chi connectivity index (χ2n) is 25.1. The molecule has 1 aliphatic rings. The summed E-state index contributed by atoms with van der Waals surface area (Å²) in [6.45, 7) is 9.88. The van der Waals surface area contributed by atoms with E-state index in [1.165, 1.54) is 230 Å². The molecule has 4 heterocycles. The Labute approximate surface area is 525 Å². The number of hydrogen-bond donors (Lipinski definition) is 0. The van der Waals surface area contributed by atoms with E-state index < -0.39 is 0 Å². The SMILES string of the molecule is CCCCCCCCOc1ccc(-n2c3ccccc3c3cc(-c4ccc(-c5ccc6c(c5)C(CCCCCCCC)(CCCCCCCC)c5cc(-c7ccc(-c8ccc9c(c8)c8ccccc8n9-c8ccc(C)cc8)s7)ccc5-6)s4)ccc32)cc1. The Hall–Kier alpha value is -7.44. The summed E-state index contributed by atoms with van der Waals surface area (Å²) in [5.41, 5.74) is 19.7. The fourth-order valence-electron chi connectivity index (χ4n) is 14.4. The number of nitrogens with zero attached hydrogens (tertiary/aromatic N) is 2. The Morgan fingerprint density at radius 2 is 0.724 bits per heavy atom. The van der Waals surface area contributed by atoms with E-state index in [-0.39, 0.29) is 5.41 Å². The lowest BCUT2D eigenvalue weighted by atomic mass is 9.70. The third kappa shape index (κ3) is 12.0. The van der Waals surface area contributed by atoms with Crippen molar-refractivity contribution in [2.24, 2.45) is 0 Å². The van der Waals surface area contributed by atoms with Crippen LogP contribution in [0.15, 0.2) is 194 Å². The summed E-state index contributed by atoms with van der Waals surface area (Å²) in [6, 6.07) is 74.4. The first-order valence-electron chi connectivity index (χ1n) is 33.3. The number of aromatic nitrogens is 2. The van der Waals surface area contributed by atoms with Crippen LogP contribution in [0.3, 0.4) is 0 Å². The molecule has 12 aromatic rings. The summed E-state index contributed by atoms with van der Waals surface area (Å²) in [4.78, 5) is 5.29. The van der Waals surface area contributed by atoms with Crippen molar-refractivity contribution >= 4 is 66.3 Å². The predicted molar refractivity (Wildman–Crippen MR) is 378 cm³/mol. The molecule has 0 radical (unpaired) electrons. The van der Waals surface area contributed by atoms with Crippen molar-refractivity contribution in [3.8, 4) is 70.0 Å². The molecule has 4 aromatic heterocycles. The molecular weight excluding hydrogens is 1090 g/mol. The molecule has 3 nitrogen and oxygen atoms in total. The smallest absolute Gasteiger partial charge is 0.119 e. The highest BCUT2D eigenvalue weighted by Crippen LogP contribution is 2.57. The monoisotopic (exact) mass is 1180 g/mol. The fraction of sp³-hybridized carbons (Fsp3) is 0.317. The van der Waals surface area contributed by atoms with Crippen molar-refractivity contribution in [2.45, 2.75) is 162 Å². The van der Waals surface area contributed by atoms with Crippen molar-refractivity contribution < 1.29 is 4.74 Å². The second kappa shape index (κ2) is 26.9. The van der Waals surface area contributed by atoms with Gasteiger partial charge in [-0.1, -0.05) is 220 Å². The summed E-state index contributed by atoms with van der Waals surface area (Å²) < 4.78 is 11.1. The van der Waals surface area contributed by atoms with Gasteiger partial charge in [-0.15, -0.1) is 22.7 Å². The fourth-order valence-corrected chi connectivity index (χ4v) is 16.4. The zero-order chi connectivity index (χ0) is 59.1. The summed E-state index contributed by atoms with van der Waals surface area (Å²) in [7, 11) is 0. The maximum absolute atomic E-state index is 6.22. The average molecular weight is 1180 g/mol. The molecule has 0 saturated carbocycles. The number of benzene rings is 8. The van der Waals surface area contributed by atoms with Gasteiger partial charge in [-0.2, -0.15) is 0 Å². The molecule has 13 rings (SSSR count). The lowest BCUT2D eigenvalue weighted by Gasteiger charge is -2.33. The van der Waals surface area contributed by atoms with E-state index in [0.29, 0.717) is 0 Å². The van der Waals surface area contributed by atoms with Crippen LogP contribution in [-0.2, 0) is 5.41 Å². The van der Waals surface area contributed by atoms with Crippen LogP contribution in [0.5, 0.6) is 5.75 Å². The van der Waals surface area contributed by atoms with Crippen LogP contribution in [-0.4, -0.2) is 15.7 Å². The lowest BCUT2D eigenvalue weighted by molar-refractivity contribution is 0.304. The first kappa shape index (κ1) is 58.6. The van der Waals surface area contributed by atoms with Crippen molar-refractivity contribution in [1.82, 2.24) is 9.13 Å². The minimum absolute atomic E-state index is 0.0524. The normalized spacial score (nSPS) is 12.7. The number of thiophene rings is 2. The maximum Gasteiger partial charge on any atom is 0.119 e. The van der Waals surface area contributed by atoms with Gasteiger partial charge in [0.15, 0.2) is 0 Å².